The number of likely N-dealkylation sites (tertiary alicyclic amines) is 1. The second-order valence-electron chi connectivity index (χ2n) is 6.31. The molecule has 25 heavy (non-hydrogen) atoms. The summed E-state index contributed by atoms with van der Waals surface area (Å²) in [6.45, 7) is 3.85. The van der Waals surface area contributed by atoms with Crippen molar-refractivity contribution in [2.24, 2.45) is 0 Å². The fourth-order valence-corrected chi connectivity index (χ4v) is 2.87. The van der Waals surface area contributed by atoms with Crippen LogP contribution in [0, 0.1) is 6.92 Å². The van der Waals surface area contributed by atoms with Crippen LogP contribution in [0.3, 0.4) is 0 Å². The molecule has 1 aromatic heterocycles. The first-order valence-electron chi connectivity index (χ1n) is 8.74. The molecule has 1 atom stereocenters. The summed E-state index contributed by atoms with van der Waals surface area (Å²) in [5.41, 5.74) is 2.15. The number of ether oxygens (including phenoxy) is 1. The summed E-state index contributed by atoms with van der Waals surface area (Å²) in [5, 5.41) is 11.0. The van der Waals surface area contributed by atoms with E-state index in [0.29, 0.717) is 25.5 Å². The minimum atomic E-state index is -0.0212. The Morgan fingerprint density at radius 3 is 2.84 bits per heavy atom. The van der Waals surface area contributed by atoms with Crippen LogP contribution in [-0.4, -0.2) is 46.9 Å². The van der Waals surface area contributed by atoms with Gasteiger partial charge in [0.05, 0.1) is 12.2 Å². The van der Waals surface area contributed by atoms with Gasteiger partial charge in [-0.15, -0.1) is 5.10 Å². The number of nitrogens with one attached hydrogen (secondary N) is 1. The summed E-state index contributed by atoms with van der Waals surface area (Å²) < 4.78 is 5.80. The molecule has 0 saturated carbocycles. The zero-order chi connectivity index (χ0) is 17.5. The van der Waals surface area contributed by atoms with Crippen LogP contribution in [0.1, 0.15) is 24.1 Å². The predicted octanol–water partition coefficient (Wildman–Crippen LogP) is 2.58. The number of benzene rings is 1. The van der Waals surface area contributed by atoms with Crippen molar-refractivity contribution in [3.63, 3.8) is 0 Å². The maximum absolute atomic E-state index is 12.2. The maximum atomic E-state index is 12.2. The van der Waals surface area contributed by atoms with E-state index >= 15 is 0 Å². The lowest BCUT2D eigenvalue weighted by atomic mass is 10.1. The Labute approximate surface area is 148 Å². The fourth-order valence-electron chi connectivity index (χ4n) is 2.87. The molecule has 6 heteroatoms. The molecule has 1 aliphatic rings. The number of urea groups is 1. The van der Waals surface area contributed by atoms with Crippen LogP contribution in [0.15, 0.2) is 42.5 Å². The van der Waals surface area contributed by atoms with E-state index in [0.717, 1.165) is 25.0 Å². The van der Waals surface area contributed by atoms with Crippen molar-refractivity contribution in [3.8, 4) is 5.88 Å². The van der Waals surface area contributed by atoms with Crippen LogP contribution in [0.2, 0.25) is 0 Å². The number of hydrogen-bond acceptors (Lipinski definition) is 4. The zero-order valence-electron chi connectivity index (χ0n) is 14.5. The predicted molar refractivity (Wildman–Crippen MR) is 95.5 cm³/mol. The Morgan fingerprint density at radius 1 is 1.24 bits per heavy atom. The minimum Gasteiger partial charge on any atom is -0.471 e. The zero-order valence-corrected chi connectivity index (χ0v) is 14.5. The molecule has 2 heterocycles. The average molecular weight is 340 g/mol. The summed E-state index contributed by atoms with van der Waals surface area (Å²) in [7, 11) is 0. The SMILES string of the molecule is Cc1ccc(OC2CCN(C(=O)NCCCc3ccccc3)C2)nn1. The molecule has 2 amide bonds. The average Bonchev–Trinajstić information content (AvgIpc) is 3.10. The third kappa shape index (κ3) is 5.17. The summed E-state index contributed by atoms with van der Waals surface area (Å²) >= 11 is 0. The molecule has 1 unspecified atom stereocenters. The topological polar surface area (TPSA) is 67.3 Å². The molecular weight excluding hydrogens is 316 g/mol. The second kappa shape index (κ2) is 8.46. The third-order valence-corrected chi connectivity index (χ3v) is 4.25. The molecule has 3 rings (SSSR count). The van der Waals surface area contributed by atoms with Crippen molar-refractivity contribution in [1.82, 2.24) is 20.4 Å². The number of aromatic nitrogens is 2. The maximum Gasteiger partial charge on any atom is 0.317 e. The molecule has 0 bridgehead atoms. The standard InChI is InChI=1S/C19H24N4O2/c1-15-9-10-18(22-21-15)25-17-11-13-23(14-17)19(24)20-12-5-8-16-6-3-2-4-7-16/h2-4,6-7,9-10,17H,5,8,11-14H2,1H3,(H,20,24). The number of carbonyl (C=O) groups is 1. The summed E-state index contributed by atoms with van der Waals surface area (Å²) in [6.07, 6.45) is 2.70. The first-order chi connectivity index (χ1) is 12.2. The van der Waals surface area contributed by atoms with Gasteiger partial charge in [-0.05, 0) is 31.4 Å². The van der Waals surface area contributed by atoms with E-state index in [1.807, 2.05) is 37.3 Å². The van der Waals surface area contributed by atoms with E-state index in [-0.39, 0.29) is 12.1 Å². The summed E-state index contributed by atoms with van der Waals surface area (Å²) in [5.74, 6) is 0.515. The number of hydrogen-bond donors (Lipinski definition) is 1. The van der Waals surface area contributed by atoms with Gasteiger partial charge in [0.1, 0.15) is 6.10 Å². The lowest BCUT2D eigenvalue weighted by Gasteiger charge is -2.17. The first-order valence-corrected chi connectivity index (χ1v) is 8.74. The van der Waals surface area contributed by atoms with Crippen molar-refractivity contribution < 1.29 is 9.53 Å². The van der Waals surface area contributed by atoms with Gasteiger partial charge >= 0.3 is 6.03 Å². The molecule has 0 aliphatic carbocycles. The molecule has 1 aromatic carbocycles. The van der Waals surface area contributed by atoms with Crippen molar-refractivity contribution in [2.45, 2.75) is 32.3 Å². The van der Waals surface area contributed by atoms with Gasteiger partial charge < -0.3 is 15.0 Å². The van der Waals surface area contributed by atoms with Crippen molar-refractivity contribution in [2.75, 3.05) is 19.6 Å². The van der Waals surface area contributed by atoms with E-state index in [1.165, 1.54) is 5.56 Å². The van der Waals surface area contributed by atoms with E-state index in [1.54, 1.807) is 4.90 Å². The van der Waals surface area contributed by atoms with Gasteiger partial charge in [-0.2, -0.15) is 5.10 Å². The minimum absolute atomic E-state index is 0.0193. The fraction of sp³-hybridized carbons (Fsp3) is 0.421. The highest BCUT2D eigenvalue weighted by molar-refractivity contribution is 5.74. The van der Waals surface area contributed by atoms with E-state index in [4.69, 9.17) is 4.74 Å². The number of amides is 2. The lowest BCUT2D eigenvalue weighted by molar-refractivity contribution is 0.182. The normalized spacial score (nSPS) is 16.7. The van der Waals surface area contributed by atoms with Crippen LogP contribution in [-0.2, 0) is 6.42 Å². The van der Waals surface area contributed by atoms with Gasteiger partial charge in [0.2, 0.25) is 5.88 Å². The van der Waals surface area contributed by atoms with Gasteiger partial charge in [0.25, 0.3) is 0 Å². The van der Waals surface area contributed by atoms with Crippen molar-refractivity contribution in [1.29, 1.82) is 0 Å². The molecular formula is C19H24N4O2. The Morgan fingerprint density at radius 2 is 2.08 bits per heavy atom. The van der Waals surface area contributed by atoms with E-state index in [2.05, 4.69) is 27.6 Å². The van der Waals surface area contributed by atoms with Crippen molar-refractivity contribution >= 4 is 6.03 Å². The quantitative estimate of drug-likeness (QED) is 0.821. The van der Waals surface area contributed by atoms with E-state index in [9.17, 15) is 4.79 Å². The van der Waals surface area contributed by atoms with Gasteiger partial charge in [0, 0.05) is 25.6 Å². The van der Waals surface area contributed by atoms with Gasteiger partial charge in [-0.1, -0.05) is 30.3 Å². The molecule has 132 valence electrons. The van der Waals surface area contributed by atoms with Crippen LogP contribution in [0.5, 0.6) is 5.88 Å². The Bertz CT molecular complexity index is 676. The number of rotatable bonds is 6. The van der Waals surface area contributed by atoms with Gasteiger partial charge in [-0.25, -0.2) is 4.79 Å². The van der Waals surface area contributed by atoms with E-state index < -0.39 is 0 Å². The van der Waals surface area contributed by atoms with Crippen LogP contribution < -0.4 is 10.1 Å². The highest BCUT2D eigenvalue weighted by Crippen LogP contribution is 2.16. The highest BCUT2D eigenvalue weighted by Gasteiger charge is 2.27. The molecule has 0 radical (unpaired) electrons. The molecule has 1 saturated heterocycles. The van der Waals surface area contributed by atoms with Crippen LogP contribution in [0.25, 0.3) is 0 Å². The Balaban J connectivity index is 1.36. The molecule has 0 spiro atoms. The third-order valence-electron chi connectivity index (χ3n) is 4.25. The molecule has 1 N–H and O–H groups in total. The first kappa shape index (κ1) is 17.2. The second-order valence-corrected chi connectivity index (χ2v) is 6.31. The highest BCUT2D eigenvalue weighted by atomic mass is 16.5. The molecule has 2 aromatic rings. The smallest absolute Gasteiger partial charge is 0.317 e. The number of aryl methyl sites for hydroxylation is 2. The molecule has 1 aliphatic heterocycles. The molecule has 6 nitrogen and oxygen atoms in total. The van der Waals surface area contributed by atoms with Crippen molar-refractivity contribution in [3.05, 3.63) is 53.7 Å². The summed E-state index contributed by atoms with van der Waals surface area (Å²) in [4.78, 5) is 14.0. The van der Waals surface area contributed by atoms with Crippen LogP contribution in [0.4, 0.5) is 4.79 Å². The van der Waals surface area contributed by atoms with Gasteiger partial charge in [0.15, 0.2) is 0 Å². The summed E-state index contributed by atoms with van der Waals surface area (Å²) in [6, 6.07) is 14.0. The monoisotopic (exact) mass is 340 g/mol. The number of carbonyl (C=O) groups excluding carboxylic acids is 1. The molecule has 1 fully saturated rings. The largest absolute Gasteiger partial charge is 0.471 e. The lowest BCUT2D eigenvalue weighted by Crippen LogP contribution is -2.39. The Kier molecular flexibility index (Phi) is 5.82. The van der Waals surface area contributed by atoms with Gasteiger partial charge in [-0.3, -0.25) is 0 Å². The number of nitrogens with zero attached hydrogens (tertiary/aromatic N) is 3. The van der Waals surface area contributed by atoms with Crippen LogP contribution >= 0.6 is 0 Å². The Hall–Kier alpha value is -2.63.